The highest BCUT2D eigenvalue weighted by Gasteiger charge is 2.06. The van der Waals surface area contributed by atoms with Crippen LogP contribution in [0.15, 0.2) is 24.3 Å². The quantitative estimate of drug-likeness (QED) is 0.445. The lowest BCUT2D eigenvalue weighted by atomic mass is 10.2. The normalized spacial score (nSPS) is 10.5. The summed E-state index contributed by atoms with van der Waals surface area (Å²) in [6, 6.07) is 7.15. The van der Waals surface area contributed by atoms with Crippen LogP contribution in [0.5, 0.6) is 0 Å². The number of carbonyl (C=O) groups is 1. The van der Waals surface area contributed by atoms with Crippen LogP contribution in [0, 0.1) is 0 Å². The zero-order valence-corrected chi connectivity index (χ0v) is 14.3. The minimum Gasteiger partial charge on any atom is -0.460 e. The summed E-state index contributed by atoms with van der Waals surface area (Å²) in [5, 5.41) is 3.00. The fourth-order valence-electron chi connectivity index (χ4n) is 2.00. The summed E-state index contributed by atoms with van der Waals surface area (Å²) in [4.78, 5) is 11.8. The minimum atomic E-state index is -0.330. The zero-order chi connectivity index (χ0) is 16.8. The molecule has 1 aromatic rings. The van der Waals surface area contributed by atoms with E-state index in [4.69, 9.17) is 14.2 Å². The minimum absolute atomic E-state index is 0.253. The van der Waals surface area contributed by atoms with Crippen molar-refractivity contribution in [3.05, 3.63) is 29.8 Å². The van der Waals surface area contributed by atoms with Gasteiger partial charge in [0, 0.05) is 19.3 Å². The molecule has 0 unspecified atom stereocenters. The molecule has 0 saturated carbocycles. The SMILES string of the molecule is CCCCCCOCCOCCOC(=O)c1ccc(NC)cc1. The van der Waals surface area contributed by atoms with Crippen molar-refractivity contribution >= 4 is 11.7 Å². The Morgan fingerprint density at radius 3 is 2.22 bits per heavy atom. The molecule has 130 valence electrons. The van der Waals surface area contributed by atoms with Gasteiger partial charge in [-0.05, 0) is 30.7 Å². The van der Waals surface area contributed by atoms with Gasteiger partial charge in [-0.25, -0.2) is 4.79 Å². The van der Waals surface area contributed by atoms with E-state index < -0.39 is 0 Å². The van der Waals surface area contributed by atoms with Gasteiger partial charge in [0.25, 0.3) is 0 Å². The van der Waals surface area contributed by atoms with Crippen molar-refractivity contribution in [2.75, 3.05) is 45.4 Å². The molecule has 0 radical (unpaired) electrons. The van der Waals surface area contributed by atoms with Crippen molar-refractivity contribution < 1.29 is 19.0 Å². The largest absolute Gasteiger partial charge is 0.460 e. The Kier molecular flexibility index (Phi) is 10.9. The molecule has 0 atom stereocenters. The second kappa shape index (κ2) is 12.9. The van der Waals surface area contributed by atoms with Crippen LogP contribution in [0.2, 0.25) is 0 Å². The second-order valence-corrected chi connectivity index (χ2v) is 5.25. The molecule has 0 amide bonds. The Hall–Kier alpha value is -1.59. The summed E-state index contributed by atoms with van der Waals surface area (Å²) in [5.41, 5.74) is 1.50. The van der Waals surface area contributed by atoms with Crippen molar-refractivity contribution in [3.8, 4) is 0 Å². The van der Waals surface area contributed by atoms with E-state index in [2.05, 4.69) is 12.2 Å². The standard InChI is InChI=1S/C18H29NO4/c1-3-4-5-6-11-21-12-13-22-14-15-23-18(20)16-7-9-17(19-2)10-8-16/h7-10,19H,3-6,11-15H2,1-2H3. The van der Waals surface area contributed by atoms with E-state index in [1.54, 1.807) is 12.1 Å². The van der Waals surface area contributed by atoms with E-state index in [0.29, 0.717) is 25.4 Å². The maximum absolute atomic E-state index is 11.8. The molecular weight excluding hydrogens is 294 g/mol. The molecule has 0 aliphatic carbocycles. The number of unbranched alkanes of at least 4 members (excludes halogenated alkanes) is 3. The molecule has 1 aromatic carbocycles. The second-order valence-electron chi connectivity index (χ2n) is 5.25. The first kappa shape index (κ1) is 19.5. The third kappa shape index (κ3) is 9.21. The molecule has 0 saturated heterocycles. The number of esters is 1. The predicted octanol–water partition coefficient (Wildman–Crippen LogP) is 3.50. The van der Waals surface area contributed by atoms with E-state index in [1.807, 2.05) is 19.2 Å². The van der Waals surface area contributed by atoms with Gasteiger partial charge in [-0.15, -0.1) is 0 Å². The highest BCUT2D eigenvalue weighted by atomic mass is 16.6. The maximum atomic E-state index is 11.8. The Balaban J connectivity index is 1.97. The number of rotatable bonds is 13. The van der Waals surface area contributed by atoms with E-state index in [-0.39, 0.29) is 12.6 Å². The molecule has 0 fully saturated rings. The van der Waals surface area contributed by atoms with Crippen LogP contribution in [0.25, 0.3) is 0 Å². The van der Waals surface area contributed by atoms with Gasteiger partial charge >= 0.3 is 5.97 Å². The van der Waals surface area contributed by atoms with Gasteiger partial charge in [0.2, 0.25) is 0 Å². The summed E-state index contributed by atoms with van der Waals surface area (Å²) in [6.45, 7) is 4.75. The van der Waals surface area contributed by atoms with Gasteiger partial charge in [-0.2, -0.15) is 0 Å². The first-order chi connectivity index (χ1) is 11.3. The first-order valence-electron chi connectivity index (χ1n) is 8.38. The number of anilines is 1. The lowest BCUT2D eigenvalue weighted by molar-refractivity contribution is 0.0142. The monoisotopic (exact) mass is 323 g/mol. The average molecular weight is 323 g/mol. The summed E-state index contributed by atoms with van der Waals surface area (Å²) >= 11 is 0. The van der Waals surface area contributed by atoms with E-state index in [1.165, 1.54) is 19.3 Å². The fourth-order valence-corrected chi connectivity index (χ4v) is 2.00. The topological polar surface area (TPSA) is 56.8 Å². The number of hydrogen-bond acceptors (Lipinski definition) is 5. The van der Waals surface area contributed by atoms with E-state index in [0.717, 1.165) is 18.7 Å². The van der Waals surface area contributed by atoms with Crippen molar-refractivity contribution in [1.29, 1.82) is 0 Å². The average Bonchev–Trinajstić information content (AvgIpc) is 2.59. The van der Waals surface area contributed by atoms with Gasteiger partial charge in [0.05, 0.1) is 25.4 Å². The summed E-state index contributed by atoms with van der Waals surface area (Å²) in [7, 11) is 1.83. The van der Waals surface area contributed by atoms with Crippen LogP contribution in [-0.2, 0) is 14.2 Å². The molecule has 0 aliphatic rings. The smallest absolute Gasteiger partial charge is 0.338 e. The molecule has 0 heterocycles. The number of ether oxygens (including phenoxy) is 3. The maximum Gasteiger partial charge on any atom is 0.338 e. The lowest BCUT2D eigenvalue weighted by Gasteiger charge is -2.07. The molecule has 0 aliphatic heterocycles. The number of carbonyl (C=O) groups excluding carboxylic acids is 1. The lowest BCUT2D eigenvalue weighted by Crippen LogP contribution is -2.13. The summed E-state index contributed by atoms with van der Waals surface area (Å²) < 4.78 is 16.0. The Bertz CT molecular complexity index is 420. The highest BCUT2D eigenvalue weighted by molar-refractivity contribution is 5.89. The van der Waals surface area contributed by atoms with Crippen molar-refractivity contribution in [2.45, 2.75) is 32.6 Å². The van der Waals surface area contributed by atoms with E-state index in [9.17, 15) is 4.79 Å². The number of nitrogens with one attached hydrogen (secondary N) is 1. The molecule has 0 spiro atoms. The van der Waals surface area contributed by atoms with E-state index >= 15 is 0 Å². The van der Waals surface area contributed by atoms with Gasteiger partial charge in [0.1, 0.15) is 6.61 Å². The van der Waals surface area contributed by atoms with Crippen molar-refractivity contribution in [3.63, 3.8) is 0 Å². The molecule has 0 bridgehead atoms. The third-order valence-electron chi connectivity index (χ3n) is 3.38. The van der Waals surface area contributed by atoms with Crippen LogP contribution < -0.4 is 5.32 Å². The van der Waals surface area contributed by atoms with Crippen LogP contribution in [-0.4, -0.2) is 46.1 Å². The molecule has 1 N–H and O–H groups in total. The summed E-state index contributed by atoms with van der Waals surface area (Å²) in [5.74, 6) is -0.330. The Morgan fingerprint density at radius 2 is 1.57 bits per heavy atom. The van der Waals surface area contributed by atoms with Gasteiger partial charge in [0.15, 0.2) is 0 Å². The molecule has 1 rings (SSSR count). The third-order valence-corrected chi connectivity index (χ3v) is 3.38. The van der Waals surface area contributed by atoms with Crippen LogP contribution in [0.4, 0.5) is 5.69 Å². The van der Waals surface area contributed by atoms with Gasteiger partial charge < -0.3 is 19.5 Å². The Labute approximate surface area is 139 Å². The number of benzene rings is 1. The summed E-state index contributed by atoms with van der Waals surface area (Å²) in [6.07, 6.45) is 4.84. The zero-order valence-electron chi connectivity index (χ0n) is 14.3. The molecule has 23 heavy (non-hydrogen) atoms. The first-order valence-corrected chi connectivity index (χ1v) is 8.38. The van der Waals surface area contributed by atoms with Gasteiger partial charge in [-0.1, -0.05) is 26.2 Å². The van der Waals surface area contributed by atoms with Crippen molar-refractivity contribution in [1.82, 2.24) is 0 Å². The van der Waals surface area contributed by atoms with Crippen LogP contribution in [0.1, 0.15) is 43.0 Å². The molecule has 5 heteroatoms. The molecular formula is C18H29NO4. The number of hydrogen-bond donors (Lipinski definition) is 1. The highest BCUT2D eigenvalue weighted by Crippen LogP contribution is 2.09. The molecule has 0 aromatic heterocycles. The molecule has 5 nitrogen and oxygen atoms in total. The Morgan fingerprint density at radius 1 is 0.913 bits per heavy atom. The van der Waals surface area contributed by atoms with Crippen molar-refractivity contribution in [2.24, 2.45) is 0 Å². The van der Waals surface area contributed by atoms with Crippen LogP contribution >= 0.6 is 0 Å². The van der Waals surface area contributed by atoms with Crippen LogP contribution in [0.3, 0.4) is 0 Å². The predicted molar refractivity (Wildman–Crippen MR) is 92.1 cm³/mol. The fraction of sp³-hybridized carbons (Fsp3) is 0.611. The van der Waals surface area contributed by atoms with Gasteiger partial charge in [-0.3, -0.25) is 0 Å².